The molecular weight excluding hydrogens is 268 g/mol. The van der Waals surface area contributed by atoms with Crippen molar-refractivity contribution in [3.63, 3.8) is 0 Å². The average Bonchev–Trinajstić information content (AvgIpc) is 3.10. The molecule has 7 heteroatoms. The number of carboxylic acids is 1. The van der Waals surface area contributed by atoms with Crippen LogP contribution in [-0.4, -0.2) is 33.1 Å². The number of aromatic carboxylic acids is 1. The molecule has 19 heavy (non-hydrogen) atoms. The third-order valence-electron chi connectivity index (χ3n) is 3.17. The predicted octanol–water partition coefficient (Wildman–Crippen LogP) is 0.878. The maximum Gasteiger partial charge on any atom is 0.337 e. The van der Waals surface area contributed by atoms with Crippen LogP contribution >= 0.6 is 0 Å². The number of benzene rings is 1. The fourth-order valence-electron chi connectivity index (χ4n) is 1.98. The number of rotatable bonds is 5. The van der Waals surface area contributed by atoms with Gasteiger partial charge in [0.2, 0.25) is 10.0 Å². The molecule has 1 saturated carbocycles. The number of hydrogen-bond acceptors (Lipinski definition) is 4. The molecule has 3 N–H and O–H groups in total. The number of primary sulfonamides is 1. The standard InChI is InChI=1S/C12H16N2O4S/c1-14(7-8-2-3-8)11-5-4-9(19(13,17)18)6-10(11)12(15)16/h4-6,8H,2-3,7H2,1H3,(H,15,16)(H2,13,17,18). The fourth-order valence-corrected chi connectivity index (χ4v) is 2.52. The van der Waals surface area contributed by atoms with Crippen molar-refractivity contribution in [1.29, 1.82) is 0 Å². The van der Waals surface area contributed by atoms with Gasteiger partial charge >= 0.3 is 5.97 Å². The molecule has 0 amide bonds. The van der Waals surface area contributed by atoms with Crippen molar-refractivity contribution in [2.45, 2.75) is 17.7 Å². The molecule has 1 aliphatic carbocycles. The van der Waals surface area contributed by atoms with Crippen molar-refractivity contribution in [2.75, 3.05) is 18.5 Å². The van der Waals surface area contributed by atoms with Crippen LogP contribution in [0.3, 0.4) is 0 Å². The maximum atomic E-state index is 11.2. The van der Waals surface area contributed by atoms with Gasteiger partial charge in [-0.05, 0) is 37.0 Å². The highest BCUT2D eigenvalue weighted by molar-refractivity contribution is 7.89. The van der Waals surface area contributed by atoms with Gasteiger partial charge in [-0.3, -0.25) is 0 Å². The number of nitrogens with two attached hydrogens (primary N) is 1. The lowest BCUT2D eigenvalue weighted by molar-refractivity contribution is 0.0697. The van der Waals surface area contributed by atoms with Crippen LogP contribution in [0.1, 0.15) is 23.2 Å². The smallest absolute Gasteiger partial charge is 0.337 e. The Hall–Kier alpha value is -1.60. The summed E-state index contributed by atoms with van der Waals surface area (Å²) < 4.78 is 22.5. The molecule has 0 radical (unpaired) electrons. The summed E-state index contributed by atoms with van der Waals surface area (Å²) in [5.74, 6) is -0.562. The summed E-state index contributed by atoms with van der Waals surface area (Å²) in [5, 5.41) is 14.2. The van der Waals surface area contributed by atoms with E-state index in [1.165, 1.54) is 12.1 Å². The average molecular weight is 284 g/mol. The summed E-state index contributed by atoms with van der Waals surface area (Å²) in [7, 11) is -2.09. The molecule has 2 rings (SSSR count). The molecule has 104 valence electrons. The van der Waals surface area contributed by atoms with E-state index in [4.69, 9.17) is 5.14 Å². The summed E-state index contributed by atoms with van der Waals surface area (Å²) in [6.07, 6.45) is 2.31. The van der Waals surface area contributed by atoms with Gasteiger partial charge in [0.25, 0.3) is 0 Å². The molecule has 0 aliphatic heterocycles. The minimum absolute atomic E-state index is 0.0466. The van der Waals surface area contributed by atoms with Gasteiger partial charge in [0, 0.05) is 13.6 Å². The molecule has 1 aliphatic rings. The maximum absolute atomic E-state index is 11.2. The van der Waals surface area contributed by atoms with Crippen molar-refractivity contribution in [2.24, 2.45) is 11.1 Å². The Labute approximate surface area is 111 Å². The van der Waals surface area contributed by atoms with Gasteiger partial charge in [0.15, 0.2) is 0 Å². The van der Waals surface area contributed by atoms with E-state index in [9.17, 15) is 18.3 Å². The summed E-state index contributed by atoms with van der Waals surface area (Å²) >= 11 is 0. The van der Waals surface area contributed by atoms with Crippen molar-refractivity contribution in [3.8, 4) is 0 Å². The molecule has 0 unspecified atom stereocenters. The summed E-state index contributed by atoms with van der Waals surface area (Å²) in [5.41, 5.74) is 0.460. The third kappa shape index (κ3) is 3.24. The number of nitrogens with zero attached hydrogens (tertiary/aromatic N) is 1. The minimum atomic E-state index is -3.89. The molecule has 1 aromatic carbocycles. The molecule has 1 aromatic rings. The van der Waals surface area contributed by atoms with Crippen molar-refractivity contribution >= 4 is 21.7 Å². The second-order valence-corrected chi connectivity index (χ2v) is 6.41. The van der Waals surface area contributed by atoms with Gasteiger partial charge < -0.3 is 10.0 Å². The van der Waals surface area contributed by atoms with E-state index < -0.39 is 16.0 Å². The highest BCUT2D eigenvalue weighted by atomic mass is 32.2. The van der Waals surface area contributed by atoms with E-state index in [0.29, 0.717) is 11.6 Å². The predicted molar refractivity (Wildman–Crippen MR) is 70.8 cm³/mol. The lowest BCUT2D eigenvalue weighted by Gasteiger charge is -2.21. The van der Waals surface area contributed by atoms with Crippen molar-refractivity contribution in [1.82, 2.24) is 0 Å². The second-order valence-electron chi connectivity index (χ2n) is 4.85. The lowest BCUT2D eigenvalue weighted by atomic mass is 10.1. The molecule has 1 fully saturated rings. The largest absolute Gasteiger partial charge is 0.478 e. The SMILES string of the molecule is CN(CC1CC1)c1ccc(S(N)(=O)=O)cc1C(=O)O. The first-order valence-corrected chi connectivity index (χ1v) is 7.45. The van der Waals surface area contributed by atoms with Crippen LogP contribution in [0, 0.1) is 5.92 Å². The Kier molecular flexibility index (Phi) is 3.51. The van der Waals surface area contributed by atoms with Crippen LogP contribution in [0.15, 0.2) is 23.1 Å². The van der Waals surface area contributed by atoms with E-state index >= 15 is 0 Å². The van der Waals surface area contributed by atoms with Crippen LogP contribution in [0.25, 0.3) is 0 Å². The first kappa shape index (κ1) is 13.8. The Bertz CT molecular complexity index is 608. The first-order chi connectivity index (χ1) is 8.79. The second kappa shape index (κ2) is 4.82. The summed E-state index contributed by atoms with van der Waals surface area (Å²) in [6, 6.07) is 3.93. The van der Waals surface area contributed by atoms with Crippen LogP contribution in [0.5, 0.6) is 0 Å². The number of sulfonamides is 1. The van der Waals surface area contributed by atoms with Crippen molar-refractivity contribution in [3.05, 3.63) is 23.8 Å². The van der Waals surface area contributed by atoms with Gasteiger partial charge in [0.1, 0.15) is 0 Å². The molecule has 0 spiro atoms. The fraction of sp³-hybridized carbons (Fsp3) is 0.417. The van der Waals surface area contributed by atoms with E-state index in [-0.39, 0.29) is 10.5 Å². The van der Waals surface area contributed by atoms with Crippen LogP contribution in [-0.2, 0) is 10.0 Å². The number of carbonyl (C=O) groups is 1. The zero-order valence-corrected chi connectivity index (χ0v) is 11.4. The third-order valence-corrected chi connectivity index (χ3v) is 4.08. The van der Waals surface area contributed by atoms with Crippen LogP contribution < -0.4 is 10.0 Å². The van der Waals surface area contributed by atoms with Gasteiger partial charge in [-0.25, -0.2) is 18.4 Å². The summed E-state index contributed by atoms with van der Waals surface area (Å²) in [4.78, 5) is 12.9. The van der Waals surface area contributed by atoms with Crippen LogP contribution in [0.4, 0.5) is 5.69 Å². The number of hydrogen-bond donors (Lipinski definition) is 2. The quantitative estimate of drug-likeness (QED) is 0.835. The summed E-state index contributed by atoms with van der Waals surface area (Å²) in [6.45, 7) is 0.773. The Morgan fingerprint density at radius 3 is 2.58 bits per heavy atom. The van der Waals surface area contributed by atoms with E-state index in [2.05, 4.69) is 0 Å². The monoisotopic (exact) mass is 284 g/mol. The molecule has 0 heterocycles. The van der Waals surface area contributed by atoms with Crippen LogP contribution in [0.2, 0.25) is 0 Å². The molecule has 0 aromatic heterocycles. The highest BCUT2D eigenvalue weighted by Gasteiger charge is 2.25. The van der Waals surface area contributed by atoms with E-state index in [1.54, 1.807) is 7.05 Å². The Morgan fingerprint density at radius 1 is 1.47 bits per heavy atom. The topological polar surface area (TPSA) is 101 Å². The first-order valence-electron chi connectivity index (χ1n) is 5.90. The molecule has 0 bridgehead atoms. The van der Waals surface area contributed by atoms with E-state index in [0.717, 1.165) is 25.5 Å². The minimum Gasteiger partial charge on any atom is -0.478 e. The Balaban J connectivity index is 2.40. The number of carboxylic acid groups (broad SMARTS) is 1. The van der Waals surface area contributed by atoms with Crippen molar-refractivity contribution < 1.29 is 18.3 Å². The molecule has 6 nitrogen and oxygen atoms in total. The van der Waals surface area contributed by atoms with E-state index in [1.807, 2.05) is 4.90 Å². The molecular formula is C12H16N2O4S. The molecule has 0 saturated heterocycles. The lowest BCUT2D eigenvalue weighted by Crippen LogP contribution is -2.23. The Morgan fingerprint density at radius 2 is 2.11 bits per heavy atom. The zero-order valence-electron chi connectivity index (χ0n) is 10.5. The van der Waals surface area contributed by atoms with Gasteiger partial charge in [-0.2, -0.15) is 0 Å². The normalized spacial score (nSPS) is 15.3. The number of anilines is 1. The van der Waals surface area contributed by atoms with Gasteiger partial charge in [-0.15, -0.1) is 0 Å². The van der Waals surface area contributed by atoms with Gasteiger partial charge in [0.05, 0.1) is 16.1 Å². The zero-order chi connectivity index (χ0) is 14.2. The highest BCUT2D eigenvalue weighted by Crippen LogP contribution is 2.32. The molecule has 0 atom stereocenters. The van der Waals surface area contributed by atoms with Gasteiger partial charge in [-0.1, -0.05) is 0 Å².